The molecule has 0 saturated heterocycles. The number of benzene rings is 2. The molecule has 0 radical (unpaired) electrons. The second-order valence-electron chi connectivity index (χ2n) is 5.60. The minimum absolute atomic E-state index is 0.405. The van der Waals surface area contributed by atoms with Gasteiger partial charge < -0.3 is 9.84 Å². The van der Waals surface area contributed by atoms with Gasteiger partial charge >= 0.3 is 11.9 Å². The summed E-state index contributed by atoms with van der Waals surface area (Å²) < 4.78 is 5.54. The van der Waals surface area contributed by atoms with E-state index in [1.165, 1.54) is 6.08 Å². The zero-order valence-corrected chi connectivity index (χ0v) is 14.0. The minimum Gasteiger partial charge on any atom is -0.478 e. The van der Waals surface area contributed by atoms with Crippen molar-refractivity contribution in [1.29, 1.82) is 0 Å². The van der Waals surface area contributed by atoms with Crippen molar-refractivity contribution in [3.05, 3.63) is 70.3 Å². The van der Waals surface area contributed by atoms with Crippen molar-refractivity contribution in [2.75, 3.05) is 0 Å². The molecule has 0 saturated carbocycles. The van der Waals surface area contributed by atoms with Gasteiger partial charge in [0.1, 0.15) is 5.75 Å². The third kappa shape index (κ3) is 4.32. The van der Waals surface area contributed by atoms with E-state index >= 15 is 0 Å². The highest BCUT2D eigenvalue weighted by Crippen LogP contribution is 2.26. The standard InChI is InChI=1S/C20H20O4/c1-4-15-5-8-17(9-6-15)20(23)24-19-13(2)11-16(12-14(19)3)7-10-18(21)22/h5-12H,4H2,1-3H3,(H,21,22)/b10-7+. The van der Waals surface area contributed by atoms with Crippen molar-refractivity contribution in [3.8, 4) is 5.75 Å². The van der Waals surface area contributed by atoms with Crippen LogP contribution in [0.5, 0.6) is 5.75 Å². The smallest absolute Gasteiger partial charge is 0.343 e. The number of carboxylic acids is 1. The highest BCUT2D eigenvalue weighted by molar-refractivity contribution is 5.91. The average molecular weight is 324 g/mol. The van der Waals surface area contributed by atoms with Crippen LogP contribution in [-0.4, -0.2) is 17.0 Å². The first-order valence-corrected chi connectivity index (χ1v) is 7.74. The molecular formula is C20H20O4. The molecule has 0 atom stereocenters. The molecule has 0 unspecified atom stereocenters. The van der Waals surface area contributed by atoms with Gasteiger partial charge in [-0.05, 0) is 72.9 Å². The molecule has 2 rings (SSSR count). The van der Waals surface area contributed by atoms with Crippen LogP contribution in [0.1, 0.15) is 39.5 Å². The molecule has 0 heterocycles. The lowest BCUT2D eigenvalue weighted by molar-refractivity contribution is -0.131. The van der Waals surface area contributed by atoms with Gasteiger partial charge in [-0.25, -0.2) is 9.59 Å². The molecule has 1 N–H and O–H groups in total. The predicted molar refractivity (Wildman–Crippen MR) is 93.4 cm³/mol. The van der Waals surface area contributed by atoms with Gasteiger partial charge in [0, 0.05) is 6.08 Å². The lowest BCUT2D eigenvalue weighted by Gasteiger charge is -2.12. The molecule has 0 aliphatic rings. The van der Waals surface area contributed by atoms with Crippen LogP contribution in [0.2, 0.25) is 0 Å². The van der Waals surface area contributed by atoms with Crippen LogP contribution in [0.15, 0.2) is 42.5 Å². The van der Waals surface area contributed by atoms with Gasteiger partial charge in [-0.2, -0.15) is 0 Å². The normalized spacial score (nSPS) is 10.8. The summed E-state index contributed by atoms with van der Waals surface area (Å²) >= 11 is 0. The van der Waals surface area contributed by atoms with Crippen molar-refractivity contribution in [2.45, 2.75) is 27.2 Å². The lowest BCUT2D eigenvalue weighted by atomic mass is 10.0. The minimum atomic E-state index is -1.00. The Labute approximate surface area is 141 Å². The predicted octanol–water partition coefficient (Wildman–Crippen LogP) is 4.18. The van der Waals surface area contributed by atoms with Crippen molar-refractivity contribution in [2.24, 2.45) is 0 Å². The zero-order valence-electron chi connectivity index (χ0n) is 14.0. The molecule has 0 spiro atoms. The third-order valence-electron chi connectivity index (χ3n) is 3.69. The number of esters is 1. The number of aryl methyl sites for hydroxylation is 3. The maximum atomic E-state index is 12.3. The molecule has 24 heavy (non-hydrogen) atoms. The largest absolute Gasteiger partial charge is 0.478 e. The molecule has 0 amide bonds. The Kier molecular flexibility index (Phi) is 5.53. The maximum absolute atomic E-state index is 12.3. The van der Waals surface area contributed by atoms with Gasteiger partial charge in [-0.15, -0.1) is 0 Å². The number of carbonyl (C=O) groups excluding carboxylic acids is 1. The summed E-state index contributed by atoms with van der Waals surface area (Å²) in [7, 11) is 0. The van der Waals surface area contributed by atoms with E-state index in [1.54, 1.807) is 24.3 Å². The van der Waals surface area contributed by atoms with E-state index in [2.05, 4.69) is 6.92 Å². The average Bonchev–Trinajstić information content (AvgIpc) is 2.56. The highest BCUT2D eigenvalue weighted by Gasteiger charge is 2.13. The van der Waals surface area contributed by atoms with Crippen LogP contribution in [0.4, 0.5) is 0 Å². The summed E-state index contributed by atoms with van der Waals surface area (Å²) in [5, 5.41) is 8.69. The second kappa shape index (κ2) is 7.59. The van der Waals surface area contributed by atoms with Crippen LogP contribution in [0, 0.1) is 13.8 Å². The van der Waals surface area contributed by atoms with E-state index in [0.717, 1.165) is 34.8 Å². The van der Waals surface area contributed by atoms with E-state index in [1.807, 2.05) is 26.0 Å². The lowest BCUT2D eigenvalue weighted by Crippen LogP contribution is -2.10. The van der Waals surface area contributed by atoms with E-state index in [9.17, 15) is 9.59 Å². The van der Waals surface area contributed by atoms with Gasteiger partial charge in [0.15, 0.2) is 0 Å². The molecule has 2 aromatic carbocycles. The van der Waals surface area contributed by atoms with Crippen LogP contribution >= 0.6 is 0 Å². The summed E-state index contributed by atoms with van der Waals surface area (Å²) in [6, 6.07) is 10.9. The number of ether oxygens (including phenoxy) is 1. The molecule has 0 aliphatic heterocycles. The number of hydrogen-bond acceptors (Lipinski definition) is 3. The summed E-state index contributed by atoms with van der Waals surface area (Å²) in [6.07, 6.45) is 3.51. The monoisotopic (exact) mass is 324 g/mol. The van der Waals surface area contributed by atoms with Crippen molar-refractivity contribution < 1.29 is 19.4 Å². The first-order chi connectivity index (χ1) is 11.4. The van der Waals surface area contributed by atoms with E-state index in [-0.39, 0.29) is 0 Å². The fraction of sp³-hybridized carbons (Fsp3) is 0.200. The van der Waals surface area contributed by atoms with Gasteiger partial charge in [-0.1, -0.05) is 19.1 Å². The quantitative estimate of drug-likeness (QED) is 0.509. The molecule has 0 aromatic heterocycles. The summed E-state index contributed by atoms with van der Waals surface area (Å²) in [5.41, 5.74) is 3.96. The number of carboxylic acid groups (broad SMARTS) is 1. The van der Waals surface area contributed by atoms with E-state index in [0.29, 0.717) is 11.3 Å². The maximum Gasteiger partial charge on any atom is 0.343 e. The van der Waals surface area contributed by atoms with E-state index in [4.69, 9.17) is 9.84 Å². The molecule has 0 bridgehead atoms. The number of aliphatic carboxylic acids is 1. The molecule has 4 heteroatoms. The Morgan fingerprint density at radius 1 is 1.08 bits per heavy atom. The van der Waals surface area contributed by atoms with Crippen LogP contribution < -0.4 is 4.74 Å². The topological polar surface area (TPSA) is 63.6 Å². The fourth-order valence-corrected chi connectivity index (χ4v) is 2.44. The van der Waals surface area contributed by atoms with E-state index < -0.39 is 11.9 Å². The van der Waals surface area contributed by atoms with Gasteiger partial charge in [0.2, 0.25) is 0 Å². The van der Waals surface area contributed by atoms with Crippen molar-refractivity contribution in [3.63, 3.8) is 0 Å². The van der Waals surface area contributed by atoms with Crippen LogP contribution in [-0.2, 0) is 11.2 Å². The number of hydrogen-bond donors (Lipinski definition) is 1. The molecule has 124 valence electrons. The van der Waals surface area contributed by atoms with Crippen molar-refractivity contribution in [1.82, 2.24) is 0 Å². The Morgan fingerprint density at radius 3 is 2.17 bits per heavy atom. The number of rotatable bonds is 5. The van der Waals surface area contributed by atoms with Gasteiger partial charge in [0.25, 0.3) is 0 Å². The molecule has 4 nitrogen and oxygen atoms in total. The van der Waals surface area contributed by atoms with Gasteiger partial charge in [0.05, 0.1) is 5.56 Å². The Morgan fingerprint density at radius 2 is 1.67 bits per heavy atom. The summed E-state index contributed by atoms with van der Waals surface area (Å²) in [6.45, 7) is 5.71. The first kappa shape index (κ1) is 17.5. The highest BCUT2D eigenvalue weighted by atomic mass is 16.5. The zero-order chi connectivity index (χ0) is 17.7. The van der Waals surface area contributed by atoms with Crippen molar-refractivity contribution >= 4 is 18.0 Å². The molecule has 0 aliphatic carbocycles. The number of carbonyl (C=O) groups is 2. The van der Waals surface area contributed by atoms with Crippen LogP contribution in [0.25, 0.3) is 6.08 Å². The fourth-order valence-electron chi connectivity index (χ4n) is 2.44. The SMILES string of the molecule is CCc1ccc(C(=O)Oc2c(C)cc(/C=C/C(=O)O)cc2C)cc1. The Balaban J connectivity index is 2.22. The summed E-state index contributed by atoms with van der Waals surface area (Å²) in [5.74, 6) is -0.902. The summed E-state index contributed by atoms with van der Waals surface area (Å²) in [4.78, 5) is 22.9. The first-order valence-electron chi connectivity index (χ1n) is 7.74. The third-order valence-corrected chi connectivity index (χ3v) is 3.69. The second-order valence-corrected chi connectivity index (χ2v) is 5.60. The van der Waals surface area contributed by atoms with Gasteiger partial charge in [-0.3, -0.25) is 0 Å². The molecule has 0 fully saturated rings. The molecular weight excluding hydrogens is 304 g/mol. The van der Waals surface area contributed by atoms with Crippen LogP contribution in [0.3, 0.4) is 0 Å². The Bertz CT molecular complexity index is 763. The molecule has 2 aromatic rings. The Hall–Kier alpha value is -2.88.